The molecule has 26 heavy (non-hydrogen) atoms. The normalized spacial score (nSPS) is 12.5. The third-order valence-corrected chi connectivity index (χ3v) is 5.04. The zero-order chi connectivity index (χ0) is 19.3. The number of rotatable bonds is 7. The van der Waals surface area contributed by atoms with E-state index in [-0.39, 0.29) is 29.7 Å². The summed E-state index contributed by atoms with van der Waals surface area (Å²) in [6.45, 7) is 8.14. The molecule has 0 saturated carbocycles. The van der Waals surface area contributed by atoms with Gasteiger partial charge in [-0.2, -0.15) is 0 Å². The maximum absolute atomic E-state index is 13.2. The molecule has 2 aromatic rings. The van der Waals surface area contributed by atoms with Gasteiger partial charge in [0, 0.05) is 28.9 Å². The fourth-order valence-corrected chi connectivity index (χ4v) is 3.86. The molecule has 1 unspecified atom stereocenters. The monoisotopic (exact) mass is 419 g/mol. The van der Waals surface area contributed by atoms with Gasteiger partial charge < -0.3 is 4.90 Å². The predicted molar refractivity (Wildman–Crippen MR) is 110 cm³/mol. The molecule has 2 nitrogen and oxygen atoms in total. The molecular weight excluding hydrogens is 393 g/mol. The summed E-state index contributed by atoms with van der Waals surface area (Å²) in [5.41, 5.74) is 2.91. The van der Waals surface area contributed by atoms with Gasteiger partial charge in [0.15, 0.2) is 0 Å². The molecule has 0 radical (unpaired) electrons. The van der Waals surface area contributed by atoms with Gasteiger partial charge in [0.25, 0.3) is 5.91 Å². The van der Waals surface area contributed by atoms with Gasteiger partial charge in [-0.3, -0.25) is 4.79 Å². The van der Waals surface area contributed by atoms with Crippen LogP contribution in [-0.4, -0.2) is 28.2 Å². The lowest BCUT2D eigenvalue weighted by molar-refractivity contribution is 0.0643. The number of hydrogen-bond acceptors (Lipinski definition) is 1. The topological polar surface area (TPSA) is 20.3 Å². The van der Waals surface area contributed by atoms with Crippen molar-refractivity contribution < 1.29 is 9.18 Å². The van der Waals surface area contributed by atoms with Gasteiger partial charge >= 0.3 is 0 Å². The number of nitrogens with zero attached hydrogens (tertiary/aromatic N) is 1. The highest BCUT2D eigenvalue weighted by Crippen LogP contribution is 2.29. The average Bonchev–Trinajstić information content (AvgIpc) is 2.60. The van der Waals surface area contributed by atoms with Crippen molar-refractivity contribution in [2.75, 3.05) is 5.33 Å². The molecule has 0 fully saturated rings. The Balaban J connectivity index is 2.28. The van der Waals surface area contributed by atoms with E-state index in [9.17, 15) is 9.18 Å². The van der Waals surface area contributed by atoms with Crippen molar-refractivity contribution in [2.24, 2.45) is 0 Å². The van der Waals surface area contributed by atoms with Gasteiger partial charge in [0.05, 0.1) is 0 Å². The first-order valence-electron chi connectivity index (χ1n) is 9.09. The summed E-state index contributed by atoms with van der Waals surface area (Å²) in [6, 6.07) is 14.8. The van der Waals surface area contributed by atoms with Gasteiger partial charge in [0.1, 0.15) is 5.82 Å². The summed E-state index contributed by atoms with van der Waals surface area (Å²) in [7, 11) is 0. The minimum Gasteiger partial charge on any atom is -0.334 e. The summed E-state index contributed by atoms with van der Waals surface area (Å²) in [5, 5.41) is 0.851. The second-order valence-electron chi connectivity index (χ2n) is 7.10. The molecule has 0 saturated heterocycles. The first-order valence-corrected chi connectivity index (χ1v) is 10.2. The SMILES string of the molecule is CC(C)N(C(=O)c1ccc(C(CCBr)c2ccc(F)cc2)cc1)C(C)C. The summed E-state index contributed by atoms with van der Waals surface area (Å²) in [6.07, 6.45) is 0.906. The van der Waals surface area contributed by atoms with Crippen LogP contribution in [-0.2, 0) is 0 Å². The molecule has 4 heteroatoms. The van der Waals surface area contributed by atoms with Crippen LogP contribution in [0.25, 0.3) is 0 Å². The van der Waals surface area contributed by atoms with Crippen LogP contribution in [0, 0.1) is 5.82 Å². The molecule has 0 N–H and O–H groups in total. The minimum atomic E-state index is -0.227. The van der Waals surface area contributed by atoms with Crippen LogP contribution >= 0.6 is 15.9 Å². The van der Waals surface area contributed by atoms with Crippen LogP contribution in [0.2, 0.25) is 0 Å². The smallest absolute Gasteiger partial charge is 0.254 e. The van der Waals surface area contributed by atoms with E-state index >= 15 is 0 Å². The molecule has 0 aliphatic rings. The van der Waals surface area contributed by atoms with Gasteiger partial charge in [-0.05, 0) is 69.5 Å². The number of halogens is 2. The standard InChI is InChI=1S/C22H27BrFNO/c1-15(2)25(16(3)4)22(26)19-7-5-17(6-8-19)21(13-14-23)18-9-11-20(24)12-10-18/h5-12,15-16,21H,13-14H2,1-4H3. The largest absolute Gasteiger partial charge is 0.334 e. The number of benzene rings is 2. The molecule has 0 bridgehead atoms. The number of hydrogen-bond donors (Lipinski definition) is 0. The van der Waals surface area contributed by atoms with E-state index in [1.165, 1.54) is 12.1 Å². The third kappa shape index (κ3) is 4.94. The molecule has 0 aliphatic carbocycles. The molecular formula is C22H27BrFNO. The zero-order valence-corrected chi connectivity index (χ0v) is 17.5. The fourth-order valence-electron chi connectivity index (χ4n) is 3.40. The van der Waals surface area contributed by atoms with Gasteiger partial charge in [0.2, 0.25) is 0 Å². The predicted octanol–water partition coefficient (Wildman–Crippen LogP) is 6.00. The Kier molecular flexibility index (Phi) is 7.39. The van der Waals surface area contributed by atoms with Crippen LogP contribution in [0.3, 0.4) is 0 Å². The van der Waals surface area contributed by atoms with E-state index in [2.05, 4.69) is 15.9 Å². The highest BCUT2D eigenvalue weighted by molar-refractivity contribution is 9.09. The quantitative estimate of drug-likeness (QED) is 0.503. The first kappa shape index (κ1) is 20.6. The van der Waals surface area contributed by atoms with E-state index in [4.69, 9.17) is 0 Å². The van der Waals surface area contributed by atoms with Crippen molar-refractivity contribution in [2.45, 2.75) is 52.1 Å². The average molecular weight is 420 g/mol. The van der Waals surface area contributed by atoms with E-state index in [1.54, 1.807) is 0 Å². The van der Waals surface area contributed by atoms with Crippen molar-refractivity contribution in [3.05, 3.63) is 71.0 Å². The summed E-state index contributed by atoms with van der Waals surface area (Å²) in [4.78, 5) is 14.7. The van der Waals surface area contributed by atoms with Crippen LogP contribution in [0.1, 0.15) is 61.5 Å². The number of amides is 1. The lowest BCUT2D eigenvalue weighted by Gasteiger charge is -2.31. The van der Waals surface area contributed by atoms with E-state index in [0.29, 0.717) is 5.56 Å². The first-order chi connectivity index (χ1) is 12.3. The summed E-state index contributed by atoms with van der Waals surface area (Å²) >= 11 is 3.51. The van der Waals surface area contributed by atoms with Crippen LogP contribution in [0.4, 0.5) is 4.39 Å². The van der Waals surface area contributed by atoms with Crippen LogP contribution in [0.5, 0.6) is 0 Å². The van der Waals surface area contributed by atoms with Gasteiger partial charge in [-0.1, -0.05) is 40.2 Å². The summed E-state index contributed by atoms with van der Waals surface area (Å²) < 4.78 is 13.2. The Hall–Kier alpha value is -1.68. The molecule has 2 aromatic carbocycles. The van der Waals surface area contributed by atoms with Crippen molar-refractivity contribution in [1.29, 1.82) is 0 Å². The highest BCUT2D eigenvalue weighted by Gasteiger charge is 2.22. The molecule has 0 aromatic heterocycles. The minimum absolute atomic E-state index is 0.0559. The lowest BCUT2D eigenvalue weighted by atomic mass is 9.88. The van der Waals surface area contributed by atoms with E-state index in [1.807, 2.05) is 69.0 Å². The van der Waals surface area contributed by atoms with E-state index < -0.39 is 0 Å². The molecule has 0 aliphatic heterocycles. The van der Waals surface area contributed by atoms with Gasteiger partial charge in [-0.15, -0.1) is 0 Å². The van der Waals surface area contributed by atoms with Crippen molar-refractivity contribution in [1.82, 2.24) is 4.90 Å². The molecule has 1 amide bonds. The molecule has 2 rings (SSSR count). The zero-order valence-electron chi connectivity index (χ0n) is 15.9. The number of carbonyl (C=O) groups is 1. The molecule has 1 atom stereocenters. The third-order valence-electron chi connectivity index (χ3n) is 4.58. The van der Waals surface area contributed by atoms with Crippen molar-refractivity contribution >= 4 is 21.8 Å². The van der Waals surface area contributed by atoms with Crippen molar-refractivity contribution in [3.63, 3.8) is 0 Å². The molecule has 140 valence electrons. The number of carbonyl (C=O) groups excluding carboxylic acids is 1. The Morgan fingerprint density at radius 2 is 1.38 bits per heavy atom. The summed E-state index contributed by atoms with van der Waals surface area (Å²) in [5.74, 6) is 0.000510. The van der Waals surface area contributed by atoms with Crippen LogP contribution < -0.4 is 0 Å². The van der Waals surface area contributed by atoms with Gasteiger partial charge in [-0.25, -0.2) is 4.39 Å². The Labute approximate surface area is 164 Å². The number of alkyl halides is 1. The molecule has 0 heterocycles. The Morgan fingerprint density at radius 1 is 0.923 bits per heavy atom. The Morgan fingerprint density at radius 3 is 1.81 bits per heavy atom. The second-order valence-corrected chi connectivity index (χ2v) is 7.90. The Bertz CT molecular complexity index is 702. The van der Waals surface area contributed by atoms with Crippen molar-refractivity contribution in [3.8, 4) is 0 Å². The maximum Gasteiger partial charge on any atom is 0.254 e. The second kappa shape index (κ2) is 9.31. The maximum atomic E-state index is 13.2. The molecule has 0 spiro atoms. The van der Waals surface area contributed by atoms with Crippen LogP contribution in [0.15, 0.2) is 48.5 Å². The highest BCUT2D eigenvalue weighted by atomic mass is 79.9. The lowest BCUT2D eigenvalue weighted by Crippen LogP contribution is -2.42. The fraction of sp³-hybridized carbons (Fsp3) is 0.409. The van der Waals surface area contributed by atoms with E-state index in [0.717, 1.165) is 22.9 Å².